The lowest BCUT2D eigenvalue weighted by Gasteiger charge is -2.47. The number of rotatable bonds is 3. The highest BCUT2D eigenvalue weighted by molar-refractivity contribution is 5.97. The molecule has 5 heteroatoms. The van der Waals surface area contributed by atoms with E-state index >= 15 is 0 Å². The summed E-state index contributed by atoms with van der Waals surface area (Å²) in [5.41, 5.74) is -0.772. The minimum absolute atomic E-state index is 0.0112. The van der Waals surface area contributed by atoms with Gasteiger partial charge in [-0.05, 0) is 33.6 Å². The van der Waals surface area contributed by atoms with Crippen LogP contribution in [0.3, 0.4) is 0 Å². The van der Waals surface area contributed by atoms with Crippen LogP contribution in [0.2, 0.25) is 0 Å². The van der Waals surface area contributed by atoms with E-state index in [1.54, 1.807) is 18.7 Å². The lowest BCUT2D eigenvalue weighted by Crippen LogP contribution is -2.67. The predicted octanol–water partition coefficient (Wildman–Crippen LogP) is 0.291. The van der Waals surface area contributed by atoms with Crippen LogP contribution in [0.15, 0.2) is 0 Å². The molecule has 1 aliphatic heterocycles. The zero-order valence-corrected chi connectivity index (χ0v) is 10.7. The number of carbonyl (C=O) groups excluding carboxylic acids is 2. The number of ether oxygens (including phenoxy) is 1. The molecule has 1 aliphatic carbocycles. The maximum absolute atomic E-state index is 12.2. The van der Waals surface area contributed by atoms with Crippen molar-refractivity contribution in [3.8, 4) is 0 Å². The van der Waals surface area contributed by atoms with Gasteiger partial charge in [-0.25, -0.2) is 0 Å². The van der Waals surface area contributed by atoms with E-state index in [1.807, 2.05) is 6.92 Å². The van der Waals surface area contributed by atoms with E-state index in [0.29, 0.717) is 6.61 Å². The van der Waals surface area contributed by atoms with Crippen molar-refractivity contribution in [2.45, 2.75) is 51.3 Å². The highest BCUT2D eigenvalue weighted by atomic mass is 16.5. The van der Waals surface area contributed by atoms with Gasteiger partial charge >= 0.3 is 0 Å². The Morgan fingerprint density at radius 3 is 2.65 bits per heavy atom. The van der Waals surface area contributed by atoms with E-state index in [9.17, 15) is 9.59 Å². The maximum Gasteiger partial charge on any atom is 0.248 e. The Hall–Kier alpha value is -1.10. The van der Waals surface area contributed by atoms with E-state index in [2.05, 4.69) is 5.32 Å². The number of carbonyl (C=O) groups is 2. The summed E-state index contributed by atoms with van der Waals surface area (Å²) in [5, 5.41) is 2.71. The number of hydrogen-bond donors (Lipinski definition) is 1. The van der Waals surface area contributed by atoms with Gasteiger partial charge in [0.2, 0.25) is 11.8 Å². The molecule has 0 unspecified atom stereocenters. The van der Waals surface area contributed by atoms with Crippen molar-refractivity contribution in [3.05, 3.63) is 0 Å². The second-order valence-electron chi connectivity index (χ2n) is 5.31. The van der Waals surface area contributed by atoms with Crippen molar-refractivity contribution >= 4 is 11.8 Å². The Kier molecular flexibility index (Phi) is 3.12. The smallest absolute Gasteiger partial charge is 0.248 e. The molecule has 0 spiro atoms. The molecule has 1 heterocycles. The van der Waals surface area contributed by atoms with E-state index in [1.165, 1.54) is 0 Å². The summed E-state index contributed by atoms with van der Waals surface area (Å²) in [7, 11) is 0. The summed E-state index contributed by atoms with van der Waals surface area (Å²) in [5.74, 6) is -0.0634. The van der Waals surface area contributed by atoms with Gasteiger partial charge in [-0.3, -0.25) is 9.59 Å². The first kappa shape index (κ1) is 12.4. The van der Waals surface area contributed by atoms with Gasteiger partial charge in [0.25, 0.3) is 0 Å². The molecule has 0 bridgehead atoms. The molecule has 5 nitrogen and oxygen atoms in total. The summed E-state index contributed by atoms with van der Waals surface area (Å²) < 4.78 is 5.47. The summed E-state index contributed by atoms with van der Waals surface area (Å²) in [6.45, 7) is 6.36. The van der Waals surface area contributed by atoms with Gasteiger partial charge in [0.1, 0.15) is 5.54 Å². The normalized spacial score (nSPS) is 32.1. The molecule has 0 radical (unpaired) electrons. The van der Waals surface area contributed by atoms with Crippen molar-refractivity contribution in [1.82, 2.24) is 10.2 Å². The second-order valence-corrected chi connectivity index (χ2v) is 5.31. The van der Waals surface area contributed by atoms with Crippen molar-refractivity contribution in [3.63, 3.8) is 0 Å². The number of piperazine rings is 1. The van der Waals surface area contributed by atoms with E-state index in [0.717, 1.165) is 12.8 Å². The van der Waals surface area contributed by atoms with Gasteiger partial charge in [-0.2, -0.15) is 0 Å². The summed E-state index contributed by atoms with van der Waals surface area (Å²) in [6.07, 6.45) is 1.96. The largest absolute Gasteiger partial charge is 0.378 e. The highest BCUT2D eigenvalue weighted by Crippen LogP contribution is 2.30. The first-order chi connectivity index (χ1) is 7.94. The Morgan fingerprint density at radius 2 is 2.06 bits per heavy atom. The average molecular weight is 240 g/mol. The maximum atomic E-state index is 12.2. The predicted molar refractivity (Wildman–Crippen MR) is 62.4 cm³/mol. The number of nitrogens with zero attached hydrogens (tertiary/aromatic N) is 1. The second kappa shape index (κ2) is 4.29. The van der Waals surface area contributed by atoms with Crippen LogP contribution in [-0.2, 0) is 14.3 Å². The molecule has 0 aromatic heterocycles. The van der Waals surface area contributed by atoms with Crippen LogP contribution in [0.25, 0.3) is 0 Å². The summed E-state index contributed by atoms with van der Waals surface area (Å²) >= 11 is 0. The van der Waals surface area contributed by atoms with Crippen LogP contribution in [0.5, 0.6) is 0 Å². The van der Waals surface area contributed by atoms with Crippen LogP contribution in [-0.4, -0.2) is 47.6 Å². The molecule has 1 N–H and O–H groups in total. The third kappa shape index (κ3) is 2.29. The number of nitrogens with one attached hydrogen (secondary N) is 1. The molecule has 1 saturated heterocycles. The van der Waals surface area contributed by atoms with E-state index in [-0.39, 0.29) is 30.5 Å². The lowest BCUT2D eigenvalue weighted by molar-refractivity contribution is -0.156. The van der Waals surface area contributed by atoms with Crippen LogP contribution < -0.4 is 5.32 Å². The van der Waals surface area contributed by atoms with Crippen molar-refractivity contribution in [2.75, 3.05) is 13.2 Å². The van der Waals surface area contributed by atoms with E-state index < -0.39 is 5.54 Å². The fourth-order valence-electron chi connectivity index (χ4n) is 2.49. The molecule has 96 valence electrons. The molecule has 2 amide bonds. The van der Waals surface area contributed by atoms with Gasteiger partial charge < -0.3 is 15.0 Å². The van der Waals surface area contributed by atoms with Gasteiger partial charge in [-0.15, -0.1) is 0 Å². The highest BCUT2D eigenvalue weighted by Gasteiger charge is 2.45. The first-order valence-electron chi connectivity index (χ1n) is 6.17. The van der Waals surface area contributed by atoms with Crippen molar-refractivity contribution in [2.24, 2.45) is 0 Å². The molecular weight excluding hydrogens is 220 g/mol. The van der Waals surface area contributed by atoms with Crippen LogP contribution in [0.1, 0.15) is 33.6 Å². The third-order valence-corrected chi connectivity index (χ3v) is 3.47. The Morgan fingerprint density at radius 1 is 1.41 bits per heavy atom. The first-order valence-corrected chi connectivity index (χ1v) is 6.17. The van der Waals surface area contributed by atoms with Gasteiger partial charge in [-0.1, -0.05) is 0 Å². The molecular formula is C12H20N2O3. The van der Waals surface area contributed by atoms with E-state index in [4.69, 9.17) is 4.74 Å². The van der Waals surface area contributed by atoms with Crippen LogP contribution >= 0.6 is 0 Å². The van der Waals surface area contributed by atoms with Crippen molar-refractivity contribution in [1.29, 1.82) is 0 Å². The van der Waals surface area contributed by atoms with Gasteiger partial charge in [0.05, 0.1) is 12.6 Å². The monoisotopic (exact) mass is 240 g/mol. The molecule has 0 atom stereocenters. The van der Waals surface area contributed by atoms with Gasteiger partial charge in [0.15, 0.2) is 0 Å². The number of amides is 2. The Bertz CT molecular complexity index is 335. The molecule has 2 rings (SSSR count). The quantitative estimate of drug-likeness (QED) is 0.771. The lowest BCUT2D eigenvalue weighted by atomic mass is 9.85. The average Bonchev–Trinajstić information content (AvgIpc) is 2.16. The zero-order chi connectivity index (χ0) is 12.6. The topological polar surface area (TPSA) is 58.6 Å². The van der Waals surface area contributed by atoms with Crippen LogP contribution in [0.4, 0.5) is 0 Å². The fourth-order valence-corrected chi connectivity index (χ4v) is 2.49. The van der Waals surface area contributed by atoms with Gasteiger partial charge in [0, 0.05) is 12.6 Å². The Balaban J connectivity index is 1.97. The molecule has 0 aromatic carbocycles. The minimum atomic E-state index is -0.772. The van der Waals surface area contributed by atoms with Crippen molar-refractivity contribution < 1.29 is 14.3 Å². The summed E-state index contributed by atoms with van der Waals surface area (Å²) in [6, 6.07) is 0.171. The molecule has 2 aliphatic rings. The molecule has 2 fully saturated rings. The third-order valence-electron chi connectivity index (χ3n) is 3.47. The standard InChI is InChI=1S/C12H20N2O3/c1-4-17-9-5-8(6-9)14-7-10(15)13-12(2,3)11(14)16/h8-9H,4-7H2,1-3H3,(H,13,15). The number of hydrogen-bond acceptors (Lipinski definition) is 3. The Labute approximate surface area is 101 Å². The van der Waals surface area contributed by atoms with Crippen LogP contribution in [0, 0.1) is 0 Å². The fraction of sp³-hybridized carbons (Fsp3) is 0.833. The zero-order valence-electron chi connectivity index (χ0n) is 10.7. The summed E-state index contributed by atoms with van der Waals surface area (Å²) in [4.78, 5) is 25.4. The minimum Gasteiger partial charge on any atom is -0.378 e. The SMILES string of the molecule is CCOC1CC(N2CC(=O)NC(C)(C)C2=O)C1. The molecule has 1 saturated carbocycles. The molecule has 0 aromatic rings. The molecule has 17 heavy (non-hydrogen) atoms.